The minimum absolute atomic E-state index is 0.0651. The van der Waals surface area contributed by atoms with Crippen molar-refractivity contribution in [3.05, 3.63) is 95.0 Å². The minimum Gasteiger partial charge on any atom is -0.352 e. The molecule has 0 unspecified atom stereocenters. The highest BCUT2D eigenvalue weighted by molar-refractivity contribution is 6.30. The van der Waals surface area contributed by atoms with Gasteiger partial charge in [0, 0.05) is 23.8 Å². The number of hydrogen-bond acceptors (Lipinski definition) is 3. The van der Waals surface area contributed by atoms with E-state index in [1.54, 1.807) is 12.1 Å². The Labute approximate surface area is 203 Å². The van der Waals surface area contributed by atoms with Crippen molar-refractivity contribution in [1.29, 1.82) is 0 Å². The van der Waals surface area contributed by atoms with Crippen molar-refractivity contribution < 1.29 is 9.18 Å². The topological polar surface area (TPSA) is 50.2 Å². The third kappa shape index (κ3) is 4.98. The smallest absolute Gasteiger partial charge is 0.224 e. The zero-order chi connectivity index (χ0) is 23.5. The Morgan fingerprint density at radius 2 is 1.82 bits per heavy atom. The molecule has 1 fully saturated rings. The van der Waals surface area contributed by atoms with Crippen LogP contribution in [0.3, 0.4) is 0 Å². The van der Waals surface area contributed by atoms with Crippen LogP contribution in [0, 0.1) is 11.7 Å². The van der Waals surface area contributed by atoms with Crippen LogP contribution in [-0.4, -0.2) is 33.4 Å². The largest absolute Gasteiger partial charge is 0.352 e. The molecule has 174 valence electrons. The number of fused-ring (bicyclic) bond motifs is 1. The van der Waals surface area contributed by atoms with Crippen molar-refractivity contribution in [2.45, 2.75) is 25.9 Å². The highest BCUT2D eigenvalue weighted by Gasteiger charge is 2.27. The van der Waals surface area contributed by atoms with E-state index in [2.05, 4.69) is 14.8 Å². The Hall–Kier alpha value is -3.22. The van der Waals surface area contributed by atoms with Crippen molar-refractivity contribution >= 4 is 28.5 Å². The molecule has 0 bridgehead atoms. The van der Waals surface area contributed by atoms with Crippen molar-refractivity contribution in [2.75, 3.05) is 13.1 Å². The molecule has 0 radical (unpaired) electrons. The Morgan fingerprint density at radius 1 is 1.06 bits per heavy atom. The Bertz CT molecular complexity index is 1290. The molecule has 1 aliphatic rings. The van der Waals surface area contributed by atoms with Gasteiger partial charge in [0.2, 0.25) is 5.91 Å². The highest BCUT2D eigenvalue weighted by Crippen LogP contribution is 2.25. The summed E-state index contributed by atoms with van der Waals surface area (Å²) >= 11 is 5.95. The number of benzene rings is 3. The lowest BCUT2D eigenvalue weighted by atomic mass is 9.97. The number of likely N-dealkylation sites (tertiary alicyclic amines) is 1. The predicted molar refractivity (Wildman–Crippen MR) is 132 cm³/mol. The number of piperidine rings is 1. The van der Waals surface area contributed by atoms with Crippen molar-refractivity contribution in [3.63, 3.8) is 0 Å². The number of rotatable bonds is 6. The van der Waals surface area contributed by atoms with Gasteiger partial charge in [-0.1, -0.05) is 35.9 Å². The van der Waals surface area contributed by atoms with Crippen LogP contribution in [0.4, 0.5) is 4.39 Å². The number of halogens is 2. The third-order valence-electron chi connectivity index (χ3n) is 6.34. The molecule has 5 nitrogen and oxygen atoms in total. The lowest BCUT2D eigenvalue weighted by Crippen LogP contribution is -2.42. The average molecular weight is 477 g/mol. The van der Waals surface area contributed by atoms with E-state index in [-0.39, 0.29) is 17.6 Å². The fourth-order valence-electron chi connectivity index (χ4n) is 4.61. The molecule has 0 aliphatic carbocycles. The van der Waals surface area contributed by atoms with E-state index >= 15 is 0 Å². The molecule has 1 saturated heterocycles. The van der Waals surface area contributed by atoms with Crippen LogP contribution in [0.25, 0.3) is 16.7 Å². The summed E-state index contributed by atoms with van der Waals surface area (Å²) in [6.45, 7) is 2.70. The maximum Gasteiger partial charge on any atom is 0.224 e. The van der Waals surface area contributed by atoms with Gasteiger partial charge in [-0.2, -0.15) is 0 Å². The second kappa shape index (κ2) is 9.95. The molecule has 1 aliphatic heterocycles. The number of nitrogens with one attached hydrogen (secondary N) is 1. The monoisotopic (exact) mass is 476 g/mol. The normalized spacial score (nSPS) is 16.6. The average Bonchev–Trinajstić information content (AvgIpc) is 3.22. The summed E-state index contributed by atoms with van der Waals surface area (Å²) in [5, 5.41) is 3.76. The van der Waals surface area contributed by atoms with E-state index in [0.29, 0.717) is 24.7 Å². The zero-order valence-corrected chi connectivity index (χ0v) is 19.5. The molecule has 1 amide bonds. The molecule has 1 N–H and O–H groups in total. The summed E-state index contributed by atoms with van der Waals surface area (Å²) < 4.78 is 15.6. The van der Waals surface area contributed by atoms with E-state index in [1.165, 1.54) is 12.1 Å². The van der Waals surface area contributed by atoms with E-state index < -0.39 is 0 Å². The van der Waals surface area contributed by atoms with Gasteiger partial charge in [0.25, 0.3) is 0 Å². The Balaban J connectivity index is 1.31. The summed E-state index contributed by atoms with van der Waals surface area (Å²) in [5.41, 5.74) is 3.78. The van der Waals surface area contributed by atoms with Gasteiger partial charge >= 0.3 is 0 Å². The molecule has 0 saturated carbocycles. The van der Waals surface area contributed by atoms with E-state index in [9.17, 15) is 9.18 Å². The highest BCUT2D eigenvalue weighted by atomic mass is 35.5. The summed E-state index contributed by atoms with van der Waals surface area (Å²) in [4.78, 5) is 20.0. The number of imidazole rings is 1. The molecule has 1 aromatic heterocycles. The van der Waals surface area contributed by atoms with Crippen molar-refractivity contribution in [2.24, 2.45) is 5.92 Å². The summed E-state index contributed by atoms with van der Waals surface area (Å²) in [6.07, 6.45) is 1.83. The molecule has 0 spiro atoms. The second-order valence-corrected chi connectivity index (χ2v) is 9.18. The van der Waals surface area contributed by atoms with Gasteiger partial charge < -0.3 is 5.32 Å². The van der Waals surface area contributed by atoms with Gasteiger partial charge in [0.05, 0.1) is 23.5 Å². The molecule has 7 heteroatoms. The molecule has 3 aromatic carbocycles. The quantitative estimate of drug-likeness (QED) is 0.408. The molecular weight excluding hydrogens is 451 g/mol. The number of aromatic nitrogens is 2. The minimum atomic E-state index is -0.266. The van der Waals surface area contributed by atoms with Gasteiger partial charge in [0.15, 0.2) is 0 Å². The van der Waals surface area contributed by atoms with Crippen LogP contribution in [0.15, 0.2) is 72.8 Å². The van der Waals surface area contributed by atoms with Crippen molar-refractivity contribution in [3.8, 4) is 5.69 Å². The van der Waals surface area contributed by atoms with Gasteiger partial charge in [-0.05, 0) is 73.5 Å². The van der Waals surface area contributed by atoms with Crippen molar-refractivity contribution in [1.82, 2.24) is 19.8 Å². The van der Waals surface area contributed by atoms with Crippen LogP contribution < -0.4 is 5.32 Å². The number of hydrogen-bond donors (Lipinski definition) is 1. The number of carbonyl (C=O) groups is 1. The second-order valence-electron chi connectivity index (χ2n) is 8.75. The zero-order valence-electron chi connectivity index (χ0n) is 18.8. The number of carbonyl (C=O) groups excluding carboxylic acids is 1. The maximum atomic E-state index is 13.5. The Morgan fingerprint density at radius 3 is 2.62 bits per heavy atom. The van der Waals surface area contributed by atoms with Crippen LogP contribution in [-0.2, 0) is 17.9 Å². The third-order valence-corrected chi connectivity index (χ3v) is 6.59. The molecule has 1 atom stereocenters. The lowest BCUT2D eigenvalue weighted by Gasteiger charge is -2.31. The van der Waals surface area contributed by atoms with Crippen LogP contribution >= 0.6 is 11.6 Å². The molecular formula is C27H26ClFN4O. The Kier molecular flexibility index (Phi) is 6.61. The first-order valence-corrected chi connectivity index (χ1v) is 11.9. The van der Waals surface area contributed by atoms with Crippen LogP contribution in [0.1, 0.15) is 24.2 Å². The van der Waals surface area contributed by atoms with Gasteiger partial charge in [0.1, 0.15) is 11.6 Å². The summed E-state index contributed by atoms with van der Waals surface area (Å²) in [7, 11) is 0. The van der Waals surface area contributed by atoms with Crippen LogP contribution in [0.5, 0.6) is 0 Å². The molecule has 2 heterocycles. The maximum absolute atomic E-state index is 13.5. The standard InChI is InChI=1S/C27H26ClFN4O/c28-21-9-7-19(8-10-21)16-30-27(34)20-4-3-15-32(17-20)18-26-31-24-5-1-2-6-25(24)33(26)23-13-11-22(29)12-14-23/h1-2,5-14,20H,3-4,15-18H2,(H,30,34)/t20-/m0/s1. The lowest BCUT2D eigenvalue weighted by molar-refractivity contribution is -0.127. The predicted octanol–water partition coefficient (Wildman–Crippen LogP) is 5.35. The SMILES string of the molecule is O=C(NCc1ccc(Cl)cc1)[C@H]1CCCN(Cc2nc3ccccc3n2-c2ccc(F)cc2)C1. The van der Waals surface area contributed by atoms with E-state index in [1.807, 2.05) is 48.5 Å². The fourth-order valence-corrected chi connectivity index (χ4v) is 4.74. The van der Waals surface area contributed by atoms with Gasteiger partial charge in [-0.3, -0.25) is 14.3 Å². The number of amides is 1. The summed E-state index contributed by atoms with van der Waals surface area (Å²) in [5.74, 6) is 0.629. The number of para-hydroxylation sites is 2. The van der Waals surface area contributed by atoms with E-state index in [4.69, 9.17) is 16.6 Å². The molecule has 34 heavy (non-hydrogen) atoms. The first kappa shape index (κ1) is 22.6. The van der Waals surface area contributed by atoms with Crippen LogP contribution in [0.2, 0.25) is 5.02 Å². The van der Waals surface area contributed by atoms with Gasteiger partial charge in [-0.25, -0.2) is 9.37 Å². The molecule has 5 rings (SSSR count). The molecule has 4 aromatic rings. The van der Waals surface area contributed by atoms with E-state index in [0.717, 1.165) is 47.5 Å². The summed E-state index contributed by atoms with van der Waals surface area (Å²) in [6, 6.07) is 22.0. The first-order chi connectivity index (χ1) is 16.6. The first-order valence-electron chi connectivity index (χ1n) is 11.5. The number of nitrogens with zero attached hydrogens (tertiary/aromatic N) is 3. The fraction of sp³-hybridized carbons (Fsp3) is 0.259. The van der Waals surface area contributed by atoms with Gasteiger partial charge in [-0.15, -0.1) is 0 Å².